The van der Waals surface area contributed by atoms with Gasteiger partial charge in [0, 0.05) is 0 Å². The van der Waals surface area contributed by atoms with Crippen molar-refractivity contribution in [3.8, 4) is 0 Å². The second-order valence-electron chi connectivity index (χ2n) is 0.224. The molecule has 0 unspecified atom stereocenters. The van der Waals surface area contributed by atoms with Gasteiger partial charge in [-0.3, -0.25) is 0 Å². The van der Waals surface area contributed by atoms with Crippen molar-refractivity contribution in [2.24, 2.45) is 0 Å². The van der Waals surface area contributed by atoms with Crippen LogP contribution < -0.4 is 0 Å². The van der Waals surface area contributed by atoms with E-state index in [-0.39, 0.29) is 60.2 Å². The van der Waals surface area contributed by atoms with Gasteiger partial charge in [0.2, 0.25) is 0 Å². The first-order valence-corrected chi connectivity index (χ1v) is 0.548. The van der Waals surface area contributed by atoms with Crippen molar-refractivity contribution in [2.75, 3.05) is 0 Å². The Morgan fingerprint density at radius 3 is 0.727 bits per heavy atom. The molecule has 78 valence electrons. The minimum atomic E-state index is -1.75. The van der Waals surface area contributed by atoms with Crippen LogP contribution in [0.4, 0.5) is 0 Å². The summed E-state index contributed by atoms with van der Waals surface area (Å²) in [5.41, 5.74) is 0. The molecule has 0 spiro atoms. The molecule has 0 aromatic carbocycles. The molecule has 0 saturated carbocycles. The van der Waals surface area contributed by atoms with Crippen molar-refractivity contribution in [3.63, 3.8) is 0 Å². The van der Waals surface area contributed by atoms with Gasteiger partial charge in [-0.25, -0.2) is 0 Å². The Kier molecular flexibility index (Phi) is 1090. The van der Waals surface area contributed by atoms with Crippen LogP contribution in [0.25, 0.3) is 0 Å². The average Bonchev–Trinajstić information content (AvgIpc) is 0.811. The van der Waals surface area contributed by atoms with E-state index < -0.39 is 5.09 Å². The van der Waals surface area contributed by atoms with Gasteiger partial charge in [0.25, 0.3) is 0 Å². The number of hydrogen-bond donors (Lipinski definition) is 0. The van der Waals surface area contributed by atoms with Crippen molar-refractivity contribution in [1.82, 2.24) is 0 Å². The van der Waals surface area contributed by atoms with Crippen LogP contribution in [0.5, 0.6) is 0 Å². The first kappa shape index (κ1) is 128. The maximum atomic E-state index is 8.25. The number of rotatable bonds is 0. The molecule has 12 N–H and O–H groups in total. The van der Waals surface area contributed by atoms with Crippen molar-refractivity contribution >= 4 is 27.3 Å². The monoisotopic (exact) mass is 380 g/mol. The van der Waals surface area contributed by atoms with E-state index in [2.05, 4.69) is 0 Å². The molecule has 2 radical (unpaired) electrons. The zero-order valence-electron chi connectivity index (χ0n) is 5.38. The molecule has 0 fully saturated rings. The quantitative estimate of drug-likeness (QED) is 0.226. The third-order valence-electron chi connectivity index (χ3n) is 0. The fraction of sp³-hybridized carbons (Fsp3) is 0. The van der Waals surface area contributed by atoms with Crippen LogP contribution in [0.1, 0.15) is 0 Å². The first-order valence-electron chi connectivity index (χ1n) is 0.548. The van der Waals surface area contributed by atoms with E-state index in [4.69, 9.17) is 15.3 Å². The Morgan fingerprint density at radius 2 is 0.727 bits per heavy atom. The number of nitrogens with zero attached hydrogens (tertiary/aromatic N) is 1. The summed E-state index contributed by atoms with van der Waals surface area (Å²) < 4.78 is 0. The standard InChI is InChI=1S/NO3.6H2O.Pb.2H/c2-1(3)4;;;;;;;;;/h;6*1H2;;;/q-1;;;;;;;;;. The summed E-state index contributed by atoms with van der Waals surface area (Å²) in [6.45, 7) is 0. The summed E-state index contributed by atoms with van der Waals surface area (Å²) in [5.74, 6) is 0. The van der Waals surface area contributed by atoms with Crippen molar-refractivity contribution in [3.05, 3.63) is 15.3 Å². The van der Waals surface area contributed by atoms with Gasteiger partial charge in [0.1, 0.15) is 0 Å². The normalized spacial score (nSPS) is 2.18. The predicted molar refractivity (Wildman–Crippen MR) is 40.6 cm³/mol. The fourth-order valence-corrected chi connectivity index (χ4v) is 0. The summed E-state index contributed by atoms with van der Waals surface area (Å²) in [7, 11) is 0. The van der Waals surface area contributed by atoms with Gasteiger partial charge in [-0.1, -0.05) is 0 Å². The molecule has 0 amide bonds. The number of hydrogen-bond acceptors (Lipinski definition) is 3. The molecule has 0 aromatic heterocycles. The summed E-state index contributed by atoms with van der Waals surface area (Å²) in [6.07, 6.45) is 0. The molecule has 0 aliphatic rings. The third kappa shape index (κ3) is 44200. The van der Waals surface area contributed by atoms with Gasteiger partial charge in [0.15, 0.2) is 0 Å². The fourth-order valence-electron chi connectivity index (χ4n) is 0. The van der Waals surface area contributed by atoms with E-state index in [9.17, 15) is 0 Å². The van der Waals surface area contributed by atoms with Gasteiger partial charge >= 0.3 is 27.3 Å². The van der Waals surface area contributed by atoms with Crippen LogP contribution in [0.2, 0.25) is 0 Å². The van der Waals surface area contributed by atoms with Crippen molar-refractivity contribution in [1.29, 1.82) is 0 Å². The van der Waals surface area contributed by atoms with E-state index in [1.165, 1.54) is 0 Å². The van der Waals surface area contributed by atoms with Crippen molar-refractivity contribution < 1.29 is 37.9 Å². The molecule has 0 bridgehead atoms. The van der Waals surface area contributed by atoms with E-state index >= 15 is 0 Å². The molecule has 0 rings (SSSR count). The van der Waals surface area contributed by atoms with Crippen LogP contribution in [-0.4, -0.2) is 65.2 Å². The van der Waals surface area contributed by atoms with Crippen molar-refractivity contribution in [2.45, 2.75) is 0 Å². The summed E-state index contributed by atoms with van der Waals surface area (Å²) in [6, 6.07) is 0. The van der Waals surface area contributed by atoms with Crippen LogP contribution in [0.3, 0.4) is 0 Å². The Labute approximate surface area is 80.9 Å². The van der Waals surface area contributed by atoms with E-state index in [0.29, 0.717) is 0 Å². The van der Waals surface area contributed by atoms with Gasteiger partial charge in [-0.05, 0) is 0 Å². The second kappa shape index (κ2) is 93.9. The Bertz CT molecular complexity index is 32.5. The third-order valence-corrected chi connectivity index (χ3v) is 0. The molecular formula is H14NO9Pb-. The van der Waals surface area contributed by atoms with E-state index in [1.807, 2.05) is 0 Å². The van der Waals surface area contributed by atoms with E-state index in [1.54, 1.807) is 0 Å². The van der Waals surface area contributed by atoms with Crippen LogP contribution in [-0.2, 0) is 0 Å². The molecule has 0 atom stereocenters. The summed E-state index contributed by atoms with van der Waals surface area (Å²) in [5, 5.41) is 14.8. The summed E-state index contributed by atoms with van der Waals surface area (Å²) >= 11 is 0. The van der Waals surface area contributed by atoms with Crippen LogP contribution >= 0.6 is 0 Å². The van der Waals surface area contributed by atoms with Gasteiger partial charge < -0.3 is 48.2 Å². The maximum absolute atomic E-state index is 8.25. The first-order chi connectivity index (χ1) is 1.73. The predicted octanol–water partition coefficient (Wildman–Crippen LogP) is -6.10. The molecule has 10 nitrogen and oxygen atoms in total. The van der Waals surface area contributed by atoms with Crippen LogP contribution in [0.15, 0.2) is 0 Å². The minimum absolute atomic E-state index is 0. The molecule has 0 heterocycles. The second-order valence-corrected chi connectivity index (χ2v) is 0.224. The molecule has 0 aromatic rings. The average molecular weight is 379 g/mol. The van der Waals surface area contributed by atoms with Gasteiger partial charge in [-0.15, -0.1) is 0 Å². The van der Waals surface area contributed by atoms with Gasteiger partial charge in [0.05, 0.1) is 5.09 Å². The zero-order chi connectivity index (χ0) is 3.58. The topological polar surface area (TPSA) is 255 Å². The molecule has 0 aliphatic carbocycles. The Hall–Kier alpha value is -0.118. The molecule has 0 saturated heterocycles. The SMILES string of the molecule is O.O.O.O.O.O.O=[N+]([O-])[O-].[PbH2]. The molecule has 0 aliphatic heterocycles. The van der Waals surface area contributed by atoms with Gasteiger partial charge in [-0.2, -0.15) is 0 Å². The molecule has 11 heteroatoms. The van der Waals surface area contributed by atoms with E-state index in [0.717, 1.165) is 0 Å². The summed E-state index contributed by atoms with van der Waals surface area (Å²) in [4.78, 5) is 8.25. The molecule has 11 heavy (non-hydrogen) atoms. The Balaban J connectivity index is -0.00000000214. The van der Waals surface area contributed by atoms with Crippen LogP contribution in [0, 0.1) is 15.3 Å². The zero-order valence-corrected chi connectivity index (χ0v) is 10.9. The molecular weight excluding hydrogens is 365 g/mol. The Morgan fingerprint density at radius 1 is 0.727 bits per heavy atom.